The zero-order valence-electron chi connectivity index (χ0n) is 12.0. The number of benzene rings is 1. The Bertz CT molecular complexity index is 535. The van der Waals surface area contributed by atoms with E-state index in [4.69, 9.17) is 9.15 Å². The summed E-state index contributed by atoms with van der Waals surface area (Å²) in [7, 11) is 1.90. The average molecular weight is 259 g/mol. The van der Waals surface area contributed by atoms with Gasteiger partial charge in [-0.15, -0.1) is 0 Å². The van der Waals surface area contributed by atoms with Crippen LogP contribution in [0, 0.1) is 20.8 Å². The quantitative estimate of drug-likeness (QED) is 0.892. The van der Waals surface area contributed by atoms with Crippen molar-refractivity contribution in [1.82, 2.24) is 5.32 Å². The summed E-state index contributed by atoms with van der Waals surface area (Å²) >= 11 is 0. The van der Waals surface area contributed by atoms with Crippen molar-refractivity contribution in [3.8, 4) is 5.75 Å². The van der Waals surface area contributed by atoms with Crippen LogP contribution in [0.4, 0.5) is 0 Å². The first-order valence-corrected chi connectivity index (χ1v) is 6.53. The van der Waals surface area contributed by atoms with Crippen molar-refractivity contribution in [1.29, 1.82) is 0 Å². The van der Waals surface area contributed by atoms with E-state index < -0.39 is 0 Å². The van der Waals surface area contributed by atoms with E-state index in [-0.39, 0.29) is 0 Å². The number of hydrogen-bond donors (Lipinski definition) is 1. The zero-order chi connectivity index (χ0) is 13.8. The zero-order valence-corrected chi connectivity index (χ0v) is 12.0. The van der Waals surface area contributed by atoms with Crippen LogP contribution in [0.15, 0.2) is 28.7 Å². The van der Waals surface area contributed by atoms with Crippen LogP contribution in [-0.4, -0.2) is 7.05 Å². The van der Waals surface area contributed by atoms with E-state index in [2.05, 4.69) is 38.2 Å². The fourth-order valence-corrected chi connectivity index (χ4v) is 2.31. The molecule has 1 N–H and O–H groups in total. The highest BCUT2D eigenvalue weighted by Crippen LogP contribution is 2.25. The van der Waals surface area contributed by atoms with Gasteiger partial charge in [-0.25, -0.2) is 0 Å². The van der Waals surface area contributed by atoms with Gasteiger partial charge in [0.05, 0.1) is 6.54 Å². The summed E-state index contributed by atoms with van der Waals surface area (Å²) in [4.78, 5) is 0. The highest BCUT2D eigenvalue weighted by atomic mass is 16.5. The normalized spacial score (nSPS) is 10.7. The summed E-state index contributed by atoms with van der Waals surface area (Å²) in [5.74, 6) is 2.74. The fraction of sp³-hybridized carbons (Fsp3) is 0.375. The maximum absolute atomic E-state index is 5.89. The van der Waals surface area contributed by atoms with E-state index in [0.29, 0.717) is 6.61 Å². The van der Waals surface area contributed by atoms with Gasteiger partial charge < -0.3 is 14.5 Å². The minimum atomic E-state index is 0.467. The van der Waals surface area contributed by atoms with E-state index in [0.717, 1.165) is 23.8 Å². The Hall–Kier alpha value is -1.74. The van der Waals surface area contributed by atoms with Crippen molar-refractivity contribution in [3.05, 3.63) is 52.5 Å². The second kappa shape index (κ2) is 5.93. The number of ether oxygens (including phenoxy) is 1. The molecule has 3 heteroatoms. The standard InChI is InChI=1S/C16H21NO2/c1-11-7-12(2)16(13(3)8-11)18-10-15-6-5-14(19-15)9-17-4/h5-8,17H,9-10H2,1-4H3. The van der Waals surface area contributed by atoms with Gasteiger partial charge in [-0.2, -0.15) is 0 Å². The Morgan fingerprint density at radius 2 is 1.68 bits per heavy atom. The minimum Gasteiger partial charge on any atom is -0.485 e. The highest BCUT2D eigenvalue weighted by molar-refractivity contribution is 5.42. The molecule has 0 fully saturated rings. The first-order valence-electron chi connectivity index (χ1n) is 6.53. The van der Waals surface area contributed by atoms with Crippen LogP contribution in [0.2, 0.25) is 0 Å². The van der Waals surface area contributed by atoms with Gasteiger partial charge in [0.2, 0.25) is 0 Å². The Morgan fingerprint density at radius 3 is 2.32 bits per heavy atom. The number of hydrogen-bond acceptors (Lipinski definition) is 3. The molecule has 2 aromatic rings. The molecule has 0 aliphatic heterocycles. The molecular formula is C16H21NO2. The Labute approximate surface area is 114 Å². The summed E-state index contributed by atoms with van der Waals surface area (Å²) < 4.78 is 11.5. The molecule has 1 aromatic heterocycles. The molecule has 0 spiro atoms. The maximum atomic E-state index is 5.89. The van der Waals surface area contributed by atoms with Crippen molar-refractivity contribution >= 4 is 0 Å². The topological polar surface area (TPSA) is 34.4 Å². The molecule has 3 nitrogen and oxygen atoms in total. The second-order valence-corrected chi connectivity index (χ2v) is 4.91. The molecule has 1 heterocycles. The fourth-order valence-electron chi connectivity index (χ4n) is 2.31. The van der Waals surface area contributed by atoms with Crippen LogP contribution in [0.5, 0.6) is 5.75 Å². The third-order valence-electron chi connectivity index (χ3n) is 3.03. The summed E-state index contributed by atoms with van der Waals surface area (Å²) in [6, 6.07) is 8.21. The van der Waals surface area contributed by atoms with Gasteiger partial charge in [0, 0.05) is 0 Å². The summed E-state index contributed by atoms with van der Waals surface area (Å²) in [6.45, 7) is 7.45. The number of furan rings is 1. The molecule has 19 heavy (non-hydrogen) atoms. The van der Waals surface area contributed by atoms with Crippen molar-refractivity contribution in [2.24, 2.45) is 0 Å². The second-order valence-electron chi connectivity index (χ2n) is 4.91. The molecule has 0 saturated heterocycles. The van der Waals surface area contributed by atoms with Crippen LogP contribution in [-0.2, 0) is 13.2 Å². The molecule has 0 aliphatic carbocycles. The lowest BCUT2D eigenvalue weighted by Crippen LogP contribution is -2.03. The first kappa shape index (κ1) is 13.7. The highest BCUT2D eigenvalue weighted by Gasteiger charge is 2.07. The predicted octanol–water partition coefficient (Wildman–Crippen LogP) is 3.50. The number of rotatable bonds is 5. The first-order chi connectivity index (χ1) is 9.10. The van der Waals surface area contributed by atoms with Crippen molar-refractivity contribution < 1.29 is 9.15 Å². The summed E-state index contributed by atoms with van der Waals surface area (Å²) in [5.41, 5.74) is 3.59. The van der Waals surface area contributed by atoms with Gasteiger partial charge in [0.1, 0.15) is 23.9 Å². The van der Waals surface area contributed by atoms with Crippen LogP contribution < -0.4 is 10.1 Å². The lowest BCUT2D eigenvalue weighted by atomic mass is 10.1. The van der Waals surface area contributed by atoms with Crippen molar-refractivity contribution in [2.75, 3.05) is 7.05 Å². The third-order valence-corrected chi connectivity index (χ3v) is 3.03. The lowest BCUT2D eigenvalue weighted by molar-refractivity contribution is 0.262. The molecule has 1 aromatic carbocycles. The van der Waals surface area contributed by atoms with Crippen LogP contribution >= 0.6 is 0 Å². The number of aryl methyl sites for hydroxylation is 3. The SMILES string of the molecule is CNCc1ccc(COc2c(C)cc(C)cc2C)o1. The van der Waals surface area contributed by atoms with E-state index in [9.17, 15) is 0 Å². The smallest absolute Gasteiger partial charge is 0.146 e. The maximum Gasteiger partial charge on any atom is 0.146 e. The minimum absolute atomic E-state index is 0.467. The van der Waals surface area contributed by atoms with Gasteiger partial charge in [-0.05, 0) is 51.1 Å². The van der Waals surface area contributed by atoms with Crippen LogP contribution in [0.3, 0.4) is 0 Å². The molecule has 0 bridgehead atoms. The third kappa shape index (κ3) is 3.38. The van der Waals surface area contributed by atoms with Crippen molar-refractivity contribution in [2.45, 2.75) is 33.9 Å². The van der Waals surface area contributed by atoms with E-state index >= 15 is 0 Å². The van der Waals surface area contributed by atoms with E-state index in [1.807, 2.05) is 19.2 Å². The van der Waals surface area contributed by atoms with Crippen LogP contribution in [0.1, 0.15) is 28.2 Å². The van der Waals surface area contributed by atoms with E-state index in [1.54, 1.807) is 0 Å². The molecule has 0 aliphatic rings. The average Bonchev–Trinajstić information content (AvgIpc) is 2.76. The van der Waals surface area contributed by atoms with Crippen LogP contribution in [0.25, 0.3) is 0 Å². The Kier molecular flexibility index (Phi) is 4.27. The summed E-state index contributed by atoms with van der Waals surface area (Å²) in [5, 5.41) is 3.06. The molecule has 0 atom stereocenters. The summed E-state index contributed by atoms with van der Waals surface area (Å²) in [6.07, 6.45) is 0. The molecule has 0 amide bonds. The number of nitrogens with one attached hydrogen (secondary N) is 1. The van der Waals surface area contributed by atoms with Crippen molar-refractivity contribution in [3.63, 3.8) is 0 Å². The predicted molar refractivity (Wildman–Crippen MR) is 76.5 cm³/mol. The largest absolute Gasteiger partial charge is 0.485 e. The molecule has 0 unspecified atom stereocenters. The Balaban J connectivity index is 2.05. The molecule has 0 radical (unpaired) electrons. The van der Waals surface area contributed by atoms with Gasteiger partial charge in [-0.3, -0.25) is 0 Å². The van der Waals surface area contributed by atoms with Gasteiger partial charge >= 0.3 is 0 Å². The van der Waals surface area contributed by atoms with E-state index in [1.165, 1.54) is 16.7 Å². The molecule has 2 rings (SSSR count). The van der Waals surface area contributed by atoms with Gasteiger partial charge in [-0.1, -0.05) is 17.7 Å². The molecule has 0 saturated carbocycles. The molecule has 102 valence electrons. The molecular weight excluding hydrogens is 238 g/mol. The van der Waals surface area contributed by atoms with Gasteiger partial charge in [0.15, 0.2) is 0 Å². The Morgan fingerprint density at radius 1 is 1.05 bits per heavy atom. The van der Waals surface area contributed by atoms with Gasteiger partial charge in [0.25, 0.3) is 0 Å². The lowest BCUT2D eigenvalue weighted by Gasteiger charge is -2.12. The monoisotopic (exact) mass is 259 g/mol.